The number of aromatic nitrogens is 2. The fraction of sp³-hybridized carbons (Fsp3) is 0.529. The first-order chi connectivity index (χ1) is 11.7. The summed E-state index contributed by atoms with van der Waals surface area (Å²) in [6.07, 6.45) is 5.56. The second-order valence-corrected chi connectivity index (χ2v) is 7.49. The van der Waals surface area contributed by atoms with Gasteiger partial charge in [-0.15, -0.1) is 0 Å². The molecule has 24 heavy (non-hydrogen) atoms. The number of thiophene rings is 1. The molecule has 0 aromatic carbocycles. The molecule has 0 radical (unpaired) electrons. The van der Waals surface area contributed by atoms with E-state index in [-0.39, 0.29) is 11.6 Å². The molecule has 128 valence electrons. The monoisotopic (exact) mass is 348 g/mol. The van der Waals surface area contributed by atoms with Crippen molar-refractivity contribution in [3.8, 4) is 0 Å². The number of hydrogen-bond donors (Lipinski definition) is 1. The van der Waals surface area contributed by atoms with Crippen molar-refractivity contribution in [1.29, 1.82) is 0 Å². The molecule has 0 bridgehead atoms. The summed E-state index contributed by atoms with van der Waals surface area (Å²) < 4.78 is 19.1. The molecular weight excluding hydrogens is 327 g/mol. The van der Waals surface area contributed by atoms with E-state index in [1.54, 1.807) is 11.3 Å². The quantitative estimate of drug-likeness (QED) is 0.921. The van der Waals surface area contributed by atoms with E-state index in [0.717, 1.165) is 38.9 Å². The summed E-state index contributed by atoms with van der Waals surface area (Å²) in [6, 6.07) is 2.37. The third-order valence-electron chi connectivity index (χ3n) is 4.77. The molecule has 7 heteroatoms. The van der Waals surface area contributed by atoms with Crippen LogP contribution in [0.3, 0.4) is 0 Å². The Balaban J connectivity index is 1.36. The number of likely N-dealkylation sites (tertiary alicyclic amines) is 1. The van der Waals surface area contributed by atoms with Crippen LogP contribution in [-0.4, -0.2) is 46.2 Å². The third-order valence-corrected chi connectivity index (χ3v) is 5.50. The average molecular weight is 348 g/mol. The largest absolute Gasteiger partial charge is 0.371 e. The molecule has 2 fully saturated rings. The first-order valence-electron chi connectivity index (χ1n) is 8.32. The Hall–Kier alpha value is -1.57. The van der Waals surface area contributed by atoms with Gasteiger partial charge in [-0.1, -0.05) is 0 Å². The maximum Gasteiger partial charge on any atom is 0.223 e. The van der Waals surface area contributed by atoms with Crippen LogP contribution in [0.5, 0.6) is 0 Å². The fourth-order valence-corrected chi connectivity index (χ4v) is 4.42. The van der Waals surface area contributed by atoms with Crippen molar-refractivity contribution in [1.82, 2.24) is 14.9 Å². The Bertz CT molecular complexity index is 666. The van der Waals surface area contributed by atoms with Crippen LogP contribution in [0, 0.1) is 5.82 Å². The minimum absolute atomic E-state index is 0.0774. The van der Waals surface area contributed by atoms with Crippen LogP contribution in [-0.2, 0) is 11.3 Å². The molecule has 4 rings (SSSR count). The van der Waals surface area contributed by atoms with Gasteiger partial charge in [0.25, 0.3) is 0 Å². The zero-order valence-corrected chi connectivity index (χ0v) is 14.3. The van der Waals surface area contributed by atoms with Crippen LogP contribution >= 0.6 is 11.3 Å². The lowest BCUT2D eigenvalue weighted by molar-refractivity contribution is -0.0532. The SMILES string of the molecule is Fc1cnc(N[C@H]2CO[C@@]3(CCCN(Cc4ccsc4)C3)C2)nc1. The zero-order valence-electron chi connectivity index (χ0n) is 13.4. The van der Waals surface area contributed by atoms with Gasteiger partial charge in [0.2, 0.25) is 5.95 Å². The van der Waals surface area contributed by atoms with Gasteiger partial charge < -0.3 is 10.1 Å². The summed E-state index contributed by atoms with van der Waals surface area (Å²) in [5.41, 5.74) is 1.30. The van der Waals surface area contributed by atoms with Crippen molar-refractivity contribution in [3.63, 3.8) is 0 Å². The summed E-state index contributed by atoms with van der Waals surface area (Å²) in [5, 5.41) is 7.61. The maximum atomic E-state index is 12.9. The normalized spacial score (nSPS) is 27.6. The summed E-state index contributed by atoms with van der Waals surface area (Å²) >= 11 is 1.75. The van der Waals surface area contributed by atoms with Gasteiger partial charge in [0.15, 0.2) is 5.82 Å². The molecule has 2 aromatic heterocycles. The minimum atomic E-state index is -0.420. The standard InChI is InChI=1S/C17H21FN4OS/c18-14-7-19-16(20-8-14)21-15-6-17(23-10-15)3-1-4-22(12-17)9-13-2-5-24-11-13/h2,5,7-8,11,15H,1,3-4,6,9-10,12H2,(H,19,20,21)/t15-,17+/m1/s1. The highest BCUT2D eigenvalue weighted by Crippen LogP contribution is 2.36. The first-order valence-corrected chi connectivity index (χ1v) is 9.27. The van der Waals surface area contributed by atoms with Crippen molar-refractivity contribution in [2.75, 3.05) is 25.0 Å². The molecule has 2 aliphatic rings. The van der Waals surface area contributed by atoms with E-state index in [0.29, 0.717) is 12.6 Å². The van der Waals surface area contributed by atoms with Gasteiger partial charge in [-0.25, -0.2) is 14.4 Å². The van der Waals surface area contributed by atoms with Crippen LogP contribution in [0.4, 0.5) is 10.3 Å². The lowest BCUT2D eigenvalue weighted by atomic mass is 9.88. The molecule has 1 N–H and O–H groups in total. The maximum absolute atomic E-state index is 12.9. The number of anilines is 1. The predicted molar refractivity (Wildman–Crippen MR) is 91.5 cm³/mol. The van der Waals surface area contributed by atoms with Crippen molar-refractivity contribution in [2.45, 2.75) is 37.5 Å². The summed E-state index contributed by atoms with van der Waals surface area (Å²) in [7, 11) is 0. The Morgan fingerprint density at radius 3 is 3.08 bits per heavy atom. The van der Waals surface area contributed by atoms with Crippen LogP contribution in [0.2, 0.25) is 0 Å². The van der Waals surface area contributed by atoms with Crippen LogP contribution in [0.25, 0.3) is 0 Å². The van der Waals surface area contributed by atoms with Crippen molar-refractivity contribution < 1.29 is 9.13 Å². The number of hydrogen-bond acceptors (Lipinski definition) is 6. The topological polar surface area (TPSA) is 50.3 Å². The predicted octanol–water partition coefficient (Wildman–Crippen LogP) is 2.91. The van der Waals surface area contributed by atoms with E-state index in [1.165, 1.54) is 18.0 Å². The summed E-state index contributed by atoms with van der Waals surface area (Å²) in [4.78, 5) is 10.4. The Morgan fingerprint density at radius 2 is 2.29 bits per heavy atom. The van der Waals surface area contributed by atoms with Crippen molar-refractivity contribution >= 4 is 17.3 Å². The average Bonchev–Trinajstić information content (AvgIpc) is 3.21. The number of piperidine rings is 1. The number of ether oxygens (including phenoxy) is 1. The molecule has 2 aromatic rings. The highest BCUT2D eigenvalue weighted by Gasteiger charge is 2.43. The van der Waals surface area contributed by atoms with E-state index >= 15 is 0 Å². The Kier molecular flexibility index (Phi) is 4.47. The van der Waals surface area contributed by atoms with Gasteiger partial charge in [0, 0.05) is 19.5 Å². The fourth-order valence-electron chi connectivity index (χ4n) is 3.76. The lowest BCUT2D eigenvalue weighted by Gasteiger charge is -2.39. The van der Waals surface area contributed by atoms with E-state index in [1.807, 2.05) is 0 Å². The van der Waals surface area contributed by atoms with Crippen molar-refractivity contribution in [2.24, 2.45) is 0 Å². The molecular formula is C17H21FN4OS. The molecule has 0 saturated carbocycles. The molecule has 0 amide bonds. The molecule has 5 nitrogen and oxygen atoms in total. The number of nitrogens with zero attached hydrogens (tertiary/aromatic N) is 3. The zero-order chi connectivity index (χ0) is 16.4. The van der Waals surface area contributed by atoms with Gasteiger partial charge in [-0.2, -0.15) is 11.3 Å². The minimum Gasteiger partial charge on any atom is -0.371 e. The smallest absolute Gasteiger partial charge is 0.223 e. The van der Waals surface area contributed by atoms with E-state index in [4.69, 9.17) is 4.74 Å². The molecule has 2 atom stereocenters. The van der Waals surface area contributed by atoms with Gasteiger partial charge in [0.05, 0.1) is 30.6 Å². The molecule has 0 unspecified atom stereocenters. The number of nitrogens with one attached hydrogen (secondary N) is 1. The van der Waals surface area contributed by atoms with Crippen molar-refractivity contribution in [3.05, 3.63) is 40.6 Å². The molecule has 2 aliphatic heterocycles. The van der Waals surface area contributed by atoms with Crippen LogP contribution in [0.1, 0.15) is 24.8 Å². The van der Waals surface area contributed by atoms with E-state index in [9.17, 15) is 4.39 Å². The highest BCUT2D eigenvalue weighted by atomic mass is 32.1. The van der Waals surface area contributed by atoms with E-state index < -0.39 is 5.82 Å². The Morgan fingerprint density at radius 1 is 1.42 bits per heavy atom. The number of halogens is 1. The second-order valence-electron chi connectivity index (χ2n) is 6.71. The van der Waals surface area contributed by atoms with Crippen LogP contribution < -0.4 is 5.32 Å². The van der Waals surface area contributed by atoms with Gasteiger partial charge >= 0.3 is 0 Å². The molecule has 2 saturated heterocycles. The van der Waals surface area contributed by atoms with E-state index in [2.05, 4.69) is 37.0 Å². The van der Waals surface area contributed by atoms with Gasteiger partial charge in [-0.3, -0.25) is 4.90 Å². The second kappa shape index (κ2) is 6.74. The lowest BCUT2D eigenvalue weighted by Crippen LogP contribution is -2.47. The highest BCUT2D eigenvalue weighted by molar-refractivity contribution is 7.07. The summed E-state index contributed by atoms with van der Waals surface area (Å²) in [5.74, 6) is 0.0454. The summed E-state index contributed by atoms with van der Waals surface area (Å²) in [6.45, 7) is 3.73. The Labute approximate surface area is 144 Å². The molecule has 0 aliphatic carbocycles. The molecule has 4 heterocycles. The molecule has 1 spiro atoms. The van der Waals surface area contributed by atoms with Gasteiger partial charge in [-0.05, 0) is 41.8 Å². The number of rotatable bonds is 4. The van der Waals surface area contributed by atoms with Crippen LogP contribution in [0.15, 0.2) is 29.2 Å². The first kappa shape index (κ1) is 15.9. The van der Waals surface area contributed by atoms with Gasteiger partial charge in [0.1, 0.15) is 0 Å². The third kappa shape index (κ3) is 3.58.